The summed E-state index contributed by atoms with van der Waals surface area (Å²) in [6.07, 6.45) is 44.0. The Labute approximate surface area is 588 Å². The van der Waals surface area contributed by atoms with E-state index in [4.69, 9.17) is 28.4 Å². The summed E-state index contributed by atoms with van der Waals surface area (Å²) >= 11 is 0. The van der Waals surface area contributed by atoms with E-state index in [9.17, 15) is 61.0 Å². The highest BCUT2D eigenvalue weighted by Crippen LogP contribution is 2.33. The van der Waals surface area contributed by atoms with Crippen LogP contribution < -0.4 is 5.32 Å². The van der Waals surface area contributed by atoms with Crippen molar-refractivity contribution < 1.29 is 89.4 Å². The number of unbranched alkanes of at least 4 members (excludes halogenated alkanes) is 44. The van der Waals surface area contributed by atoms with Crippen LogP contribution in [-0.2, 0) is 33.2 Å². The van der Waals surface area contributed by atoms with Gasteiger partial charge in [0, 0.05) is 6.42 Å². The summed E-state index contributed by atoms with van der Waals surface area (Å²) in [4.78, 5) is 13.5. The fourth-order valence-electron chi connectivity index (χ4n) is 13.8. The van der Waals surface area contributed by atoms with Crippen LogP contribution in [0.15, 0.2) is 24.3 Å². The van der Waals surface area contributed by atoms with Gasteiger partial charge in [-0.25, -0.2) is 0 Å². The maximum absolute atomic E-state index is 13.5. The number of carbonyl (C=O) groups is 1. The van der Waals surface area contributed by atoms with E-state index < -0.39 is 124 Å². The molecule has 97 heavy (non-hydrogen) atoms. The van der Waals surface area contributed by atoms with Crippen LogP contribution in [-0.4, -0.2) is 193 Å². The first-order valence-corrected chi connectivity index (χ1v) is 40.1. The van der Waals surface area contributed by atoms with Gasteiger partial charge in [-0.2, -0.15) is 0 Å². The molecule has 0 aromatic rings. The molecule has 0 aliphatic carbocycles. The van der Waals surface area contributed by atoms with Gasteiger partial charge in [-0.15, -0.1) is 0 Å². The van der Waals surface area contributed by atoms with E-state index >= 15 is 0 Å². The molecule has 0 aromatic carbocycles. The van der Waals surface area contributed by atoms with Gasteiger partial charge in [-0.1, -0.05) is 308 Å². The van der Waals surface area contributed by atoms with Crippen molar-refractivity contribution in [3.63, 3.8) is 0 Å². The summed E-state index contributed by atoms with van der Waals surface area (Å²) < 4.78 is 34.5. The Kier molecular flexibility index (Phi) is 55.0. The van der Waals surface area contributed by atoms with Crippen LogP contribution >= 0.6 is 0 Å². The molecule has 572 valence electrons. The van der Waals surface area contributed by atoms with Crippen LogP contribution in [0.2, 0.25) is 0 Å². The van der Waals surface area contributed by atoms with Gasteiger partial charge in [0.1, 0.15) is 73.2 Å². The third-order valence-corrected chi connectivity index (χ3v) is 20.3. The summed E-state index contributed by atoms with van der Waals surface area (Å²) in [5.74, 6) is -0.240. The molecule has 12 N–H and O–H groups in total. The Morgan fingerprint density at radius 1 is 0.371 bits per heavy atom. The van der Waals surface area contributed by atoms with Gasteiger partial charge in [-0.05, 0) is 44.9 Å². The van der Waals surface area contributed by atoms with Crippen LogP contribution in [0.1, 0.15) is 335 Å². The summed E-state index contributed by atoms with van der Waals surface area (Å²) in [5, 5.41) is 121. The fourth-order valence-corrected chi connectivity index (χ4v) is 13.8. The first-order valence-electron chi connectivity index (χ1n) is 40.1. The van der Waals surface area contributed by atoms with E-state index in [0.29, 0.717) is 12.8 Å². The fraction of sp³-hybridized carbons (Fsp3) is 0.936. The quantitative estimate of drug-likeness (QED) is 0.0199. The predicted octanol–water partition coefficient (Wildman–Crippen LogP) is 13.0. The minimum absolute atomic E-state index is 0.240. The van der Waals surface area contributed by atoms with Crippen molar-refractivity contribution in [2.45, 2.75) is 439 Å². The molecule has 1 amide bonds. The summed E-state index contributed by atoms with van der Waals surface area (Å²) in [6, 6.07) is -0.889. The van der Waals surface area contributed by atoms with Gasteiger partial charge in [-0.3, -0.25) is 4.79 Å². The molecule has 3 rings (SSSR count). The SMILES string of the molecule is CCCCCCC/C=C\C/C=C\CCCCCCCCCCCCCC(=O)NC(COC1OC(CO)C(OC2OC(CO)C(OC3OC(CO)C(O)C(O)C3O)C(O)C2O)C(O)C1O)C(O)CCCCCCCCCCCCCCCCCCCCCCCCCCCCCCC. The number of allylic oxidation sites excluding steroid dienone is 4. The number of carbonyl (C=O) groups excluding carboxylic acids is 1. The average molecular weight is 1390 g/mol. The number of hydrogen-bond donors (Lipinski definition) is 12. The molecule has 3 fully saturated rings. The van der Waals surface area contributed by atoms with Crippen molar-refractivity contribution in [3.05, 3.63) is 24.3 Å². The predicted molar refractivity (Wildman–Crippen MR) is 383 cm³/mol. The third kappa shape index (κ3) is 40.2. The number of aliphatic hydroxyl groups excluding tert-OH is 11. The molecular weight excluding hydrogens is 1240 g/mol. The molecule has 0 saturated carbocycles. The smallest absolute Gasteiger partial charge is 0.220 e. The zero-order valence-electron chi connectivity index (χ0n) is 61.1. The summed E-state index contributed by atoms with van der Waals surface area (Å²) in [7, 11) is 0. The van der Waals surface area contributed by atoms with Crippen LogP contribution in [0.4, 0.5) is 0 Å². The largest absolute Gasteiger partial charge is 0.394 e. The first kappa shape index (κ1) is 89.5. The van der Waals surface area contributed by atoms with Crippen LogP contribution in [0.3, 0.4) is 0 Å². The maximum atomic E-state index is 13.5. The molecule has 0 spiro atoms. The van der Waals surface area contributed by atoms with E-state index in [0.717, 1.165) is 57.8 Å². The van der Waals surface area contributed by atoms with Crippen molar-refractivity contribution in [3.8, 4) is 0 Å². The number of nitrogens with one attached hydrogen (secondary N) is 1. The van der Waals surface area contributed by atoms with Gasteiger partial charge in [0.05, 0.1) is 38.6 Å². The molecular formula is C78H147NO18. The highest BCUT2D eigenvalue weighted by atomic mass is 16.8. The van der Waals surface area contributed by atoms with Gasteiger partial charge in [0.2, 0.25) is 5.91 Å². The Bertz CT molecular complexity index is 1850. The van der Waals surface area contributed by atoms with Crippen molar-refractivity contribution in [1.82, 2.24) is 5.32 Å². The van der Waals surface area contributed by atoms with E-state index in [2.05, 4.69) is 43.5 Å². The van der Waals surface area contributed by atoms with E-state index in [1.165, 1.54) is 244 Å². The first-order chi connectivity index (χ1) is 47.3. The maximum Gasteiger partial charge on any atom is 0.220 e. The molecule has 0 bridgehead atoms. The normalized spacial score (nSPS) is 27.0. The highest BCUT2D eigenvalue weighted by Gasteiger charge is 2.54. The molecule has 19 nitrogen and oxygen atoms in total. The molecule has 3 aliphatic heterocycles. The lowest BCUT2D eigenvalue weighted by molar-refractivity contribution is -0.379. The van der Waals surface area contributed by atoms with Gasteiger partial charge >= 0.3 is 0 Å². The summed E-state index contributed by atoms with van der Waals surface area (Å²) in [6.45, 7) is 1.84. The van der Waals surface area contributed by atoms with Gasteiger partial charge < -0.3 is 89.9 Å². The zero-order valence-corrected chi connectivity index (χ0v) is 61.1. The average Bonchev–Trinajstić information content (AvgIpc) is 0.826. The Balaban J connectivity index is 1.37. The Morgan fingerprint density at radius 3 is 1.05 bits per heavy atom. The number of hydrogen-bond acceptors (Lipinski definition) is 18. The highest BCUT2D eigenvalue weighted by molar-refractivity contribution is 5.76. The minimum Gasteiger partial charge on any atom is -0.394 e. The Hall–Kier alpha value is -1.73. The van der Waals surface area contributed by atoms with Crippen molar-refractivity contribution in [2.24, 2.45) is 0 Å². The van der Waals surface area contributed by atoms with Gasteiger partial charge in [0.15, 0.2) is 18.9 Å². The molecule has 17 atom stereocenters. The van der Waals surface area contributed by atoms with Crippen LogP contribution in [0.25, 0.3) is 0 Å². The molecule has 3 saturated heterocycles. The molecule has 17 unspecified atom stereocenters. The molecule has 0 aromatic heterocycles. The second-order valence-electron chi connectivity index (χ2n) is 28.9. The van der Waals surface area contributed by atoms with Crippen LogP contribution in [0, 0.1) is 0 Å². The number of amides is 1. The minimum atomic E-state index is -1.97. The van der Waals surface area contributed by atoms with Crippen molar-refractivity contribution >= 4 is 5.91 Å². The topological polar surface area (TPSA) is 307 Å². The third-order valence-electron chi connectivity index (χ3n) is 20.3. The standard InChI is InChI=1S/C78H147NO18/c1-3-5-7-9-11-13-15-17-19-21-23-25-27-28-29-30-31-32-34-35-37-39-41-43-45-47-49-51-53-55-62(83)61(79-66(84)56-54-52-50-48-46-44-42-40-38-36-33-26-24-22-20-18-16-14-12-10-8-6-4-2)60-92-76-72(90)69(87)74(64(58-81)94-76)97-78-73(91)70(88)75(65(59-82)95-78)96-77-71(89)68(86)67(85)63(57-80)93-77/h16,18,22,24,61-65,67-78,80-83,85-91H,3-15,17,19-21,23,25-60H2,1-2H3,(H,79,84)/b18-16-,24-22-. The number of rotatable bonds is 64. The van der Waals surface area contributed by atoms with E-state index in [1.807, 2.05) is 0 Å². The zero-order chi connectivity index (χ0) is 70.4. The van der Waals surface area contributed by atoms with E-state index in [-0.39, 0.29) is 18.9 Å². The monoisotopic (exact) mass is 1390 g/mol. The lowest BCUT2D eigenvalue weighted by atomic mass is 9.96. The molecule has 19 heteroatoms. The van der Waals surface area contributed by atoms with E-state index in [1.54, 1.807) is 0 Å². The lowest BCUT2D eigenvalue weighted by Gasteiger charge is -2.48. The van der Waals surface area contributed by atoms with Gasteiger partial charge in [0.25, 0.3) is 0 Å². The number of ether oxygens (including phenoxy) is 6. The summed E-state index contributed by atoms with van der Waals surface area (Å²) in [5.41, 5.74) is 0. The molecule has 0 radical (unpaired) electrons. The second kappa shape index (κ2) is 59.6. The van der Waals surface area contributed by atoms with Crippen molar-refractivity contribution in [1.29, 1.82) is 0 Å². The van der Waals surface area contributed by atoms with Crippen molar-refractivity contribution in [2.75, 3.05) is 26.4 Å². The lowest BCUT2D eigenvalue weighted by Crippen LogP contribution is -2.66. The molecule has 3 aliphatic rings. The molecule has 3 heterocycles. The second-order valence-corrected chi connectivity index (χ2v) is 28.9. The Morgan fingerprint density at radius 2 is 0.680 bits per heavy atom. The number of aliphatic hydroxyl groups is 11. The van der Waals surface area contributed by atoms with Crippen LogP contribution in [0.5, 0.6) is 0 Å².